The molecule has 82 valence electrons. The van der Waals surface area contributed by atoms with Crippen LogP contribution >= 0.6 is 15.9 Å². The lowest BCUT2D eigenvalue weighted by Gasteiger charge is -2.30. The lowest BCUT2D eigenvalue weighted by molar-refractivity contribution is 0.459. The molecule has 0 spiro atoms. The molecule has 1 saturated carbocycles. The van der Waals surface area contributed by atoms with Crippen LogP contribution in [-0.2, 0) is 0 Å². The predicted octanol–water partition coefficient (Wildman–Crippen LogP) is 2.99. The summed E-state index contributed by atoms with van der Waals surface area (Å²) in [6.45, 7) is 2.90. The summed E-state index contributed by atoms with van der Waals surface area (Å²) in [5.74, 6) is 0.737. The first-order valence-corrected chi connectivity index (χ1v) is 6.17. The number of rotatable bonds is 4. The molecule has 1 aromatic carbocycles. The minimum atomic E-state index is 0.0563. The third kappa shape index (κ3) is 2.52. The van der Waals surface area contributed by atoms with Gasteiger partial charge in [0.1, 0.15) is 0 Å². The van der Waals surface area contributed by atoms with Crippen LogP contribution in [0.1, 0.15) is 19.8 Å². The van der Waals surface area contributed by atoms with Crippen molar-refractivity contribution in [1.82, 2.24) is 0 Å². The first-order chi connectivity index (χ1) is 7.14. The number of nitrogens with two attached hydrogens (primary N) is 1. The Morgan fingerprint density at radius 2 is 2.27 bits per heavy atom. The Hall–Kier alpha value is -0.540. The van der Waals surface area contributed by atoms with Crippen molar-refractivity contribution in [2.24, 2.45) is 11.7 Å². The molecule has 3 N–H and O–H groups in total. The second kappa shape index (κ2) is 4.14. The van der Waals surface area contributed by atoms with Crippen LogP contribution in [-0.4, -0.2) is 12.1 Å². The Kier molecular flexibility index (Phi) is 3.03. The van der Waals surface area contributed by atoms with E-state index in [9.17, 15) is 0 Å². The van der Waals surface area contributed by atoms with Crippen molar-refractivity contribution < 1.29 is 0 Å². The van der Waals surface area contributed by atoms with Gasteiger partial charge in [-0.1, -0.05) is 22.0 Å². The van der Waals surface area contributed by atoms with Gasteiger partial charge < -0.3 is 11.1 Å². The maximum Gasteiger partial charge on any atom is 0.0495 e. The maximum atomic E-state index is 5.86. The molecule has 0 radical (unpaired) electrons. The average Bonchev–Trinajstić information content (AvgIpc) is 3.01. The topological polar surface area (TPSA) is 38.0 Å². The van der Waals surface area contributed by atoms with E-state index in [2.05, 4.69) is 40.3 Å². The van der Waals surface area contributed by atoms with Crippen LogP contribution in [0.2, 0.25) is 0 Å². The highest BCUT2D eigenvalue weighted by molar-refractivity contribution is 9.10. The van der Waals surface area contributed by atoms with Gasteiger partial charge in [-0.05, 0) is 43.9 Å². The zero-order valence-corrected chi connectivity index (χ0v) is 10.5. The van der Waals surface area contributed by atoms with E-state index in [0.717, 1.165) is 16.1 Å². The Morgan fingerprint density at radius 1 is 1.53 bits per heavy atom. The van der Waals surface area contributed by atoms with Gasteiger partial charge >= 0.3 is 0 Å². The molecule has 2 rings (SSSR count). The van der Waals surface area contributed by atoms with E-state index in [4.69, 9.17) is 5.73 Å². The number of anilines is 1. The van der Waals surface area contributed by atoms with Crippen LogP contribution in [0.25, 0.3) is 0 Å². The highest BCUT2D eigenvalue weighted by Crippen LogP contribution is 2.41. The number of nitrogens with one attached hydrogen (secondary N) is 1. The van der Waals surface area contributed by atoms with Gasteiger partial charge in [0.05, 0.1) is 0 Å². The molecule has 0 aliphatic heterocycles. The van der Waals surface area contributed by atoms with Gasteiger partial charge in [-0.2, -0.15) is 0 Å². The van der Waals surface area contributed by atoms with Crippen LogP contribution in [0.4, 0.5) is 5.69 Å². The zero-order chi connectivity index (χ0) is 10.9. The molecule has 0 bridgehead atoms. The lowest BCUT2D eigenvalue weighted by Crippen LogP contribution is -2.44. The van der Waals surface area contributed by atoms with E-state index < -0.39 is 0 Å². The predicted molar refractivity (Wildman–Crippen MR) is 67.9 cm³/mol. The van der Waals surface area contributed by atoms with E-state index in [-0.39, 0.29) is 5.54 Å². The molecule has 0 heterocycles. The summed E-state index contributed by atoms with van der Waals surface area (Å²) in [7, 11) is 0. The normalized spacial score (nSPS) is 19.7. The van der Waals surface area contributed by atoms with E-state index in [1.165, 1.54) is 12.8 Å². The molecule has 0 aromatic heterocycles. The third-order valence-electron chi connectivity index (χ3n) is 3.16. The fourth-order valence-electron chi connectivity index (χ4n) is 1.94. The van der Waals surface area contributed by atoms with Gasteiger partial charge in [-0.3, -0.25) is 0 Å². The highest BCUT2D eigenvalue weighted by atomic mass is 79.9. The summed E-state index contributed by atoms with van der Waals surface area (Å²) in [4.78, 5) is 0. The van der Waals surface area contributed by atoms with Crippen LogP contribution in [0.5, 0.6) is 0 Å². The van der Waals surface area contributed by atoms with Gasteiger partial charge in [-0.15, -0.1) is 0 Å². The van der Waals surface area contributed by atoms with Gasteiger partial charge in [0.2, 0.25) is 0 Å². The summed E-state index contributed by atoms with van der Waals surface area (Å²) in [6.07, 6.45) is 2.60. The molecule has 0 amide bonds. The first kappa shape index (κ1) is 11.0. The SMILES string of the molecule is CC(CN)(Nc1cccc(Br)c1)C1CC1. The number of halogens is 1. The Morgan fingerprint density at radius 3 is 2.80 bits per heavy atom. The van der Waals surface area contributed by atoms with Gasteiger partial charge in [0, 0.05) is 22.2 Å². The Labute approximate surface area is 99.4 Å². The molecular formula is C12H17BrN2. The minimum absolute atomic E-state index is 0.0563. The fraction of sp³-hybridized carbons (Fsp3) is 0.500. The molecule has 3 heteroatoms. The van der Waals surface area contributed by atoms with Crippen molar-refractivity contribution in [3.8, 4) is 0 Å². The number of hydrogen-bond donors (Lipinski definition) is 2. The first-order valence-electron chi connectivity index (χ1n) is 5.38. The third-order valence-corrected chi connectivity index (χ3v) is 3.65. The van der Waals surface area contributed by atoms with Crippen molar-refractivity contribution in [2.75, 3.05) is 11.9 Å². The van der Waals surface area contributed by atoms with Gasteiger partial charge in [-0.25, -0.2) is 0 Å². The minimum Gasteiger partial charge on any atom is -0.378 e. The lowest BCUT2D eigenvalue weighted by atomic mass is 9.95. The Bertz CT molecular complexity index is 349. The molecular weight excluding hydrogens is 252 g/mol. The van der Waals surface area contributed by atoms with Crippen molar-refractivity contribution in [2.45, 2.75) is 25.3 Å². The second-order valence-electron chi connectivity index (χ2n) is 4.53. The van der Waals surface area contributed by atoms with Crippen molar-refractivity contribution in [1.29, 1.82) is 0 Å². The van der Waals surface area contributed by atoms with Crippen molar-refractivity contribution in [3.63, 3.8) is 0 Å². The van der Waals surface area contributed by atoms with E-state index in [1.807, 2.05) is 12.1 Å². The molecule has 1 fully saturated rings. The van der Waals surface area contributed by atoms with Crippen molar-refractivity contribution >= 4 is 21.6 Å². The smallest absolute Gasteiger partial charge is 0.0495 e. The molecule has 1 aliphatic carbocycles. The van der Waals surface area contributed by atoms with Crippen LogP contribution in [0, 0.1) is 5.92 Å². The summed E-state index contributed by atoms with van der Waals surface area (Å²) >= 11 is 3.47. The number of hydrogen-bond acceptors (Lipinski definition) is 2. The van der Waals surface area contributed by atoms with E-state index in [0.29, 0.717) is 6.54 Å². The number of benzene rings is 1. The highest BCUT2D eigenvalue weighted by Gasteiger charge is 2.40. The molecule has 15 heavy (non-hydrogen) atoms. The van der Waals surface area contributed by atoms with Crippen LogP contribution in [0.15, 0.2) is 28.7 Å². The van der Waals surface area contributed by atoms with Crippen LogP contribution in [0.3, 0.4) is 0 Å². The molecule has 2 nitrogen and oxygen atoms in total. The largest absolute Gasteiger partial charge is 0.378 e. The second-order valence-corrected chi connectivity index (χ2v) is 5.45. The van der Waals surface area contributed by atoms with E-state index >= 15 is 0 Å². The molecule has 1 aromatic rings. The van der Waals surface area contributed by atoms with Gasteiger partial charge in [0.15, 0.2) is 0 Å². The van der Waals surface area contributed by atoms with Crippen LogP contribution < -0.4 is 11.1 Å². The average molecular weight is 269 g/mol. The quantitative estimate of drug-likeness (QED) is 0.881. The molecule has 1 atom stereocenters. The monoisotopic (exact) mass is 268 g/mol. The summed E-state index contributed by atoms with van der Waals surface area (Å²) in [5, 5.41) is 3.55. The molecule has 1 aliphatic rings. The van der Waals surface area contributed by atoms with E-state index in [1.54, 1.807) is 0 Å². The summed E-state index contributed by atoms with van der Waals surface area (Å²) in [6, 6.07) is 8.25. The Balaban J connectivity index is 2.12. The summed E-state index contributed by atoms with van der Waals surface area (Å²) in [5.41, 5.74) is 7.06. The zero-order valence-electron chi connectivity index (χ0n) is 8.96. The molecule has 1 unspecified atom stereocenters. The molecule has 0 saturated heterocycles. The maximum absolute atomic E-state index is 5.86. The summed E-state index contributed by atoms with van der Waals surface area (Å²) < 4.78 is 1.10. The fourth-order valence-corrected chi connectivity index (χ4v) is 2.34. The van der Waals surface area contributed by atoms with Gasteiger partial charge in [0.25, 0.3) is 0 Å². The van der Waals surface area contributed by atoms with Crippen molar-refractivity contribution in [3.05, 3.63) is 28.7 Å². The standard InChI is InChI=1S/C12H17BrN2/c1-12(8-14,9-5-6-9)15-11-4-2-3-10(13)7-11/h2-4,7,9,15H,5-6,8,14H2,1H3.